The normalized spacial score (nSPS) is 19.1. The Morgan fingerprint density at radius 3 is 2.29 bits per heavy atom. The van der Waals surface area contributed by atoms with Crippen LogP contribution in [0.15, 0.2) is 18.2 Å². The quantitative estimate of drug-likeness (QED) is 0.688. The van der Waals surface area contributed by atoms with Crippen molar-refractivity contribution in [3.05, 3.63) is 23.8 Å². The second-order valence-electron chi connectivity index (χ2n) is 5.45. The van der Waals surface area contributed by atoms with E-state index in [-0.39, 0.29) is 0 Å². The second kappa shape index (κ2) is 5.42. The van der Waals surface area contributed by atoms with Gasteiger partial charge in [0.1, 0.15) is 0 Å². The molecular weight excluding hydrogens is 255 g/mol. The number of ether oxygens (including phenoxy) is 2. The van der Waals surface area contributed by atoms with E-state index in [9.17, 15) is 0 Å². The van der Waals surface area contributed by atoms with Crippen LogP contribution < -0.4 is 14.8 Å². The minimum absolute atomic E-state index is 0.426. The van der Waals surface area contributed by atoms with Gasteiger partial charge in [0.2, 0.25) is 0 Å². The van der Waals surface area contributed by atoms with E-state index in [2.05, 4.69) is 5.32 Å². The lowest BCUT2D eigenvalue weighted by Gasteiger charge is -2.39. The first-order valence-corrected chi connectivity index (χ1v) is 6.55. The fourth-order valence-corrected chi connectivity index (χ4v) is 2.24. The van der Waals surface area contributed by atoms with Gasteiger partial charge in [-0.15, -0.1) is 0 Å². The topological polar surface area (TPSA) is 30.5 Å². The van der Waals surface area contributed by atoms with Crippen LogP contribution in [0.25, 0.3) is 0 Å². The molecule has 0 amide bonds. The van der Waals surface area contributed by atoms with Gasteiger partial charge in [0.15, 0.2) is 32.8 Å². The third kappa shape index (κ3) is 4.32. The fraction of sp³-hybridized carbons (Fsp3) is 0.500. The highest BCUT2D eigenvalue weighted by Crippen LogP contribution is 2.38. The monoisotopic (exact) mass is 267 g/mol. The van der Waals surface area contributed by atoms with E-state index in [4.69, 9.17) is 56.6 Å². The van der Waals surface area contributed by atoms with Crippen LogP contribution in [0.3, 0.4) is 0 Å². The molecule has 3 nitrogen and oxygen atoms in total. The average molecular weight is 266 g/mol. The molecule has 1 atom stereocenters. The minimum atomic E-state index is -1.65. The smallest absolute Gasteiger partial charge is 0.175 e. The molecule has 1 aliphatic rings. The molecule has 1 aromatic carbocycles. The predicted octanol–water partition coefficient (Wildman–Crippen LogP) is -1.07. The van der Waals surface area contributed by atoms with Gasteiger partial charge in [0, 0.05) is 0 Å². The summed E-state index contributed by atoms with van der Waals surface area (Å²) < 4.78 is 10.5. The first-order chi connectivity index (χ1) is 9.52. The first kappa shape index (κ1) is 16.5. The lowest BCUT2D eigenvalue weighted by Crippen LogP contribution is -2.60. The molecule has 12 radical (unpaired) electrons. The van der Waals surface area contributed by atoms with E-state index >= 15 is 0 Å². The second-order valence-corrected chi connectivity index (χ2v) is 5.45. The zero-order valence-corrected chi connectivity index (χ0v) is 11.9. The fourth-order valence-electron chi connectivity index (χ4n) is 2.24. The number of fused-ring (bicyclic) bond motifs is 1. The molecule has 1 heterocycles. The van der Waals surface area contributed by atoms with Crippen molar-refractivity contribution in [2.75, 3.05) is 0 Å². The van der Waals surface area contributed by atoms with Crippen LogP contribution in [-0.2, 0) is 6.42 Å². The standard InChI is InChI=1S/C12H11B6NO2/c1-2-10(13,19-11(14,15)16)6-7-3-4-8-9(5-7)21-12(17,18)20-8/h3-5,19H,2,6H2,1H3. The SMILES string of the molecule is [B]C([B])([B])NC([B])(CC)Cc1ccc2c(c1)OC([B])([B])O2. The summed E-state index contributed by atoms with van der Waals surface area (Å²) in [5, 5.41) is 1.24. The van der Waals surface area contributed by atoms with Gasteiger partial charge in [-0.25, -0.2) is 0 Å². The van der Waals surface area contributed by atoms with Crippen LogP contribution in [-0.4, -0.2) is 63.3 Å². The van der Waals surface area contributed by atoms with Gasteiger partial charge in [-0.2, -0.15) is 0 Å². The molecule has 1 unspecified atom stereocenters. The van der Waals surface area contributed by atoms with Crippen molar-refractivity contribution in [3.63, 3.8) is 0 Å². The van der Waals surface area contributed by atoms with Crippen molar-refractivity contribution in [3.8, 4) is 11.5 Å². The number of hydrogen-bond acceptors (Lipinski definition) is 3. The summed E-state index contributed by atoms with van der Waals surface area (Å²) in [6.07, 6.45) is 0.988. The van der Waals surface area contributed by atoms with E-state index in [1.807, 2.05) is 13.0 Å². The summed E-state index contributed by atoms with van der Waals surface area (Å²) in [7, 11) is 34.1. The summed E-state index contributed by atoms with van der Waals surface area (Å²) in [5.41, 5.74) is -1.64. The van der Waals surface area contributed by atoms with Crippen LogP contribution in [0.2, 0.25) is 0 Å². The summed E-state index contributed by atoms with van der Waals surface area (Å²) in [4.78, 5) is 0. The maximum Gasteiger partial charge on any atom is 0.175 e. The largest absolute Gasteiger partial charge is 0.468 e. The predicted molar refractivity (Wildman–Crippen MR) is 87.5 cm³/mol. The van der Waals surface area contributed by atoms with E-state index in [0.29, 0.717) is 24.3 Å². The molecule has 0 saturated heterocycles. The van der Waals surface area contributed by atoms with Crippen LogP contribution in [0.5, 0.6) is 11.5 Å². The Morgan fingerprint density at radius 1 is 1.10 bits per heavy atom. The molecule has 0 saturated carbocycles. The Hall–Kier alpha value is -0.830. The molecule has 1 aromatic rings. The maximum absolute atomic E-state index is 6.24. The van der Waals surface area contributed by atoms with Gasteiger partial charge in [0.25, 0.3) is 0 Å². The number of benzene rings is 1. The van der Waals surface area contributed by atoms with E-state index < -0.39 is 16.3 Å². The van der Waals surface area contributed by atoms with Crippen molar-refractivity contribution in [1.82, 2.24) is 5.32 Å². The van der Waals surface area contributed by atoms with Crippen molar-refractivity contribution in [1.29, 1.82) is 0 Å². The number of hydrogen-bond donors (Lipinski definition) is 1. The molecule has 21 heavy (non-hydrogen) atoms. The van der Waals surface area contributed by atoms with Crippen LogP contribution in [0.1, 0.15) is 18.9 Å². The third-order valence-electron chi connectivity index (χ3n) is 3.16. The molecule has 1 aliphatic heterocycles. The van der Waals surface area contributed by atoms with Crippen molar-refractivity contribution in [2.24, 2.45) is 0 Å². The number of rotatable bonds is 5. The van der Waals surface area contributed by atoms with Gasteiger partial charge >= 0.3 is 0 Å². The van der Waals surface area contributed by atoms with Gasteiger partial charge in [-0.1, -0.05) is 18.2 Å². The van der Waals surface area contributed by atoms with Crippen LogP contribution >= 0.6 is 0 Å². The van der Waals surface area contributed by atoms with Gasteiger partial charge < -0.3 is 14.8 Å². The molecule has 0 fully saturated rings. The van der Waals surface area contributed by atoms with Crippen LogP contribution in [0.4, 0.5) is 0 Å². The maximum atomic E-state index is 6.24. The van der Waals surface area contributed by atoms with Gasteiger partial charge in [-0.3, -0.25) is 0 Å². The van der Waals surface area contributed by atoms with Crippen LogP contribution in [0, 0.1) is 0 Å². The van der Waals surface area contributed by atoms with E-state index in [1.54, 1.807) is 12.1 Å². The Balaban J connectivity index is 2.17. The molecule has 0 bridgehead atoms. The Kier molecular flexibility index (Phi) is 4.27. The molecular formula is C12H11B6NO2. The third-order valence-corrected chi connectivity index (χ3v) is 3.16. The Labute approximate surface area is 133 Å². The minimum Gasteiger partial charge on any atom is -0.468 e. The Bertz CT molecular complexity index is 533. The summed E-state index contributed by atoms with van der Waals surface area (Å²) in [6, 6.07) is 5.29. The Morgan fingerprint density at radius 2 is 1.71 bits per heavy atom. The highest BCUT2D eigenvalue weighted by Gasteiger charge is 2.31. The first-order valence-electron chi connectivity index (χ1n) is 6.55. The lowest BCUT2D eigenvalue weighted by molar-refractivity contribution is 0.0833. The number of nitrogens with one attached hydrogen (secondary N) is 1. The van der Waals surface area contributed by atoms with Crippen molar-refractivity contribution < 1.29 is 9.47 Å². The highest BCUT2D eigenvalue weighted by atomic mass is 16.7. The average Bonchev–Trinajstić information content (AvgIpc) is 2.59. The van der Waals surface area contributed by atoms with Crippen molar-refractivity contribution in [2.45, 2.75) is 36.0 Å². The zero-order chi connectivity index (χ0) is 15.9. The summed E-state index contributed by atoms with van der Waals surface area (Å²) >= 11 is 0. The molecule has 0 aromatic heterocycles. The summed E-state index contributed by atoms with van der Waals surface area (Å²) in [5.74, 6) is 0.928. The zero-order valence-electron chi connectivity index (χ0n) is 11.9. The molecule has 9 heteroatoms. The molecule has 2 rings (SSSR count). The highest BCUT2D eigenvalue weighted by molar-refractivity contribution is 6.59. The molecule has 94 valence electrons. The van der Waals surface area contributed by atoms with E-state index in [0.717, 1.165) is 5.56 Å². The molecule has 0 aliphatic carbocycles. The summed E-state index contributed by atoms with van der Waals surface area (Å²) in [6.45, 7) is 1.90. The van der Waals surface area contributed by atoms with Gasteiger partial charge in [0.05, 0.1) is 31.4 Å². The molecule has 0 spiro atoms. The lowest BCUT2D eigenvalue weighted by atomic mass is 9.47. The van der Waals surface area contributed by atoms with Crippen molar-refractivity contribution >= 4 is 47.1 Å². The van der Waals surface area contributed by atoms with E-state index in [1.165, 1.54) is 0 Å². The van der Waals surface area contributed by atoms with Gasteiger partial charge in [-0.05, 0) is 36.0 Å². The molecule has 1 N–H and O–H groups in total.